The van der Waals surface area contributed by atoms with Crippen molar-refractivity contribution < 1.29 is 19.2 Å². The van der Waals surface area contributed by atoms with Gasteiger partial charge in [0, 0.05) is 24.4 Å². The highest BCUT2D eigenvalue weighted by atomic mass is 32.1. The summed E-state index contributed by atoms with van der Waals surface area (Å²) in [5.41, 5.74) is 1.21. The minimum atomic E-state index is -0.476. The van der Waals surface area contributed by atoms with E-state index in [1.807, 2.05) is 0 Å². The van der Waals surface area contributed by atoms with E-state index in [9.17, 15) is 14.9 Å². The Kier molecular flexibility index (Phi) is 7.21. The number of amides is 1. The SMILES string of the molecule is COCCOc1ccccc1C(=O)NC(=S)Nc1ccc(C)c([N+](=O)[O-])c1. The monoisotopic (exact) mass is 389 g/mol. The standard InChI is InChI=1S/C18H19N3O5S/c1-12-7-8-13(11-15(12)21(23)24)19-18(27)20-17(22)14-5-3-4-6-16(14)26-10-9-25-2/h3-8,11H,9-10H2,1-2H3,(H2,19,20,22,27). The van der Waals surface area contributed by atoms with E-state index in [-0.39, 0.29) is 10.8 Å². The van der Waals surface area contributed by atoms with E-state index in [2.05, 4.69) is 10.6 Å². The summed E-state index contributed by atoms with van der Waals surface area (Å²) < 4.78 is 10.5. The van der Waals surface area contributed by atoms with Crippen molar-refractivity contribution in [3.8, 4) is 5.75 Å². The molecule has 0 atom stereocenters. The van der Waals surface area contributed by atoms with Gasteiger partial charge in [0.1, 0.15) is 12.4 Å². The number of para-hydroxylation sites is 1. The summed E-state index contributed by atoms with van der Waals surface area (Å²) >= 11 is 5.13. The second-order valence-electron chi connectivity index (χ2n) is 5.50. The van der Waals surface area contributed by atoms with E-state index in [4.69, 9.17) is 21.7 Å². The summed E-state index contributed by atoms with van der Waals surface area (Å²) in [5, 5.41) is 16.3. The second kappa shape index (κ2) is 9.60. The van der Waals surface area contributed by atoms with Crippen LogP contribution in [0.1, 0.15) is 15.9 Å². The number of hydrogen-bond acceptors (Lipinski definition) is 6. The topological polar surface area (TPSA) is 103 Å². The van der Waals surface area contributed by atoms with E-state index < -0.39 is 10.8 Å². The number of aryl methyl sites for hydroxylation is 1. The van der Waals surface area contributed by atoms with Crippen molar-refractivity contribution in [2.45, 2.75) is 6.92 Å². The van der Waals surface area contributed by atoms with Gasteiger partial charge in [-0.15, -0.1) is 0 Å². The molecule has 8 nitrogen and oxygen atoms in total. The lowest BCUT2D eigenvalue weighted by Crippen LogP contribution is -2.34. The first-order valence-corrected chi connectivity index (χ1v) is 8.41. The zero-order valence-electron chi connectivity index (χ0n) is 14.9. The molecule has 1 amide bonds. The Labute approximate surface area is 161 Å². The van der Waals surface area contributed by atoms with Gasteiger partial charge in [0.05, 0.1) is 17.1 Å². The third kappa shape index (κ3) is 5.73. The predicted octanol–water partition coefficient (Wildman–Crippen LogP) is 3.06. The molecule has 0 aliphatic rings. The van der Waals surface area contributed by atoms with Gasteiger partial charge in [0.25, 0.3) is 11.6 Å². The molecule has 142 valence electrons. The van der Waals surface area contributed by atoms with Crippen LogP contribution >= 0.6 is 12.2 Å². The van der Waals surface area contributed by atoms with Crippen molar-refractivity contribution in [1.82, 2.24) is 5.32 Å². The van der Waals surface area contributed by atoms with Crippen LogP contribution < -0.4 is 15.4 Å². The van der Waals surface area contributed by atoms with Crippen LogP contribution in [0.2, 0.25) is 0 Å². The molecule has 0 radical (unpaired) electrons. The van der Waals surface area contributed by atoms with Gasteiger partial charge in [-0.05, 0) is 37.3 Å². The normalized spacial score (nSPS) is 10.1. The fourth-order valence-corrected chi connectivity index (χ4v) is 2.44. The lowest BCUT2D eigenvalue weighted by atomic mass is 10.2. The van der Waals surface area contributed by atoms with Gasteiger partial charge in [-0.2, -0.15) is 0 Å². The molecule has 2 rings (SSSR count). The summed E-state index contributed by atoms with van der Waals surface area (Å²) in [6, 6.07) is 11.3. The van der Waals surface area contributed by atoms with E-state index in [0.29, 0.717) is 35.8 Å². The minimum absolute atomic E-state index is 0.0184. The van der Waals surface area contributed by atoms with Crippen LogP contribution in [0.5, 0.6) is 5.75 Å². The largest absolute Gasteiger partial charge is 0.490 e. The Morgan fingerprint density at radius 1 is 1.22 bits per heavy atom. The average Bonchev–Trinajstić information content (AvgIpc) is 2.63. The van der Waals surface area contributed by atoms with Crippen LogP contribution in [-0.2, 0) is 4.74 Å². The fourth-order valence-electron chi connectivity index (χ4n) is 2.23. The number of thiocarbonyl (C=S) groups is 1. The van der Waals surface area contributed by atoms with Crippen LogP contribution in [0, 0.1) is 17.0 Å². The maximum atomic E-state index is 12.5. The van der Waals surface area contributed by atoms with Crippen molar-refractivity contribution in [3.05, 3.63) is 63.7 Å². The first-order valence-electron chi connectivity index (χ1n) is 8.00. The maximum Gasteiger partial charge on any atom is 0.274 e. The van der Waals surface area contributed by atoms with Gasteiger partial charge in [-0.3, -0.25) is 20.2 Å². The summed E-state index contributed by atoms with van der Waals surface area (Å²) in [7, 11) is 1.56. The van der Waals surface area contributed by atoms with Crippen molar-refractivity contribution in [2.24, 2.45) is 0 Å². The number of rotatable bonds is 7. The van der Waals surface area contributed by atoms with Crippen molar-refractivity contribution in [3.63, 3.8) is 0 Å². The fraction of sp³-hybridized carbons (Fsp3) is 0.222. The number of nitro benzene ring substituents is 1. The predicted molar refractivity (Wildman–Crippen MR) is 105 cm³/mol. The van der Waals surface area contributed by atoms with Crippen molar-refractivity contribution >= 4 is 34.6 Å². The first-order chi connectivity index (χ1) is 12.9. The number of nitrogens with one attached hydrogen (secondary N) is 2. The van der Waals surface area contributed by atoms with Crippen molar-refractivity contribution in [1.29, 1.82) is 0 Å². The Morgan fingerprint density at radius 2 is 1.96 bits per heavy atom. The number of hydrogen-bond donors (Lipinski definition) is 2. The first kappa shape index (κ1) is 20.3. The molecule has 0 fully saturated rings. The smallest absolute Gasteiger partial charge is 0.274 e. The second-order valence-corrected chi connectivity index (χ2v) is 5.91. The number of anilines is 1. The molecule has 0 saturated carbocycles. The third-order valence-corrected chi connectivity index (χ3v) is 3.77. The molecule has 0 heterocycles. The lowest BCUT2D eigenvalue weighted by Gasteiger charge is -2.13. The van der Waals surface area contributed by atoms with Crippen LogP contribution in [0.15, 0.2) is 42.5 Å². The molecule has 27 heavy (non-hydrogen) atoms. The van der Waals surface area contributed by atoms with Gasteiger partial charge in [0.15, 0.2) is 5.11 Å². The molecule has 0 aliphatic heterocycles. The van der Waals surface area contributed by atoms with Gasteiger partial charge in [-0.1, -0.05) is 18.2 Å². The van der Waals surface area contributed by atoms with Crippen LogP contribution in [0.4, 0.5) is 11.4 Å². The highest BCUT2D eigenvalue weighted by Crippen LogP contribution is 2.22. The number of benzene rings is 2. The van der Waals surface area contributed by atoms with Gasteiger partial charge in [-0.25, -0.2) is 0 Å². The highest BCUT2D eigenvalue weighted by molar-refractivity contribution is 7.80. The molecular formula is C18H19N3O5S. The van der Waals surface area contributed by atoms with Crippen LogP contribution in [0.3, 0.4) is 0 Å². The van der Waals surface area contributed by atoms with Crippen LogP contribution in [-0.4, -0.2) is 36.3 Å². The Hall–Kier alpha value is -3.04. The number of methoxy groups -OCH3 is 1. The van der Waals surface area contributed by atoms with Gasteiger partial charge >= 0.3 is 0 Å². The summed E-state index contributed by atoms with van der Waals surface area (Å²) in [5.74, 6) is -0.0528. The molecule has 2 aromatic carbocycles. The highest BCUT2D eigenvalue weighted by Gasteiger charge is 2.15. The van der Waals surface area contributed by atoms with Crippen molar-refractivity contribution in [2.75, 3.05) is 25.6 Å². The van der Waals surface area contributed by atoms with E-state index in [0.717, 1.165) is 0 Å². The number of nitro groups is 1. The molecule has 0 aliphatic carbocycles. The average molecular weight is 389 g/mol. The number of ether oxygens (including phenoxy) is 2. The summed E-state index contributed by atoms with van der Waals surface area (Å²) in [4.78, 5) is 23.0. The Bertz CT molecular complexity index is 857. The molecule has 9 heteroatoms. The molecule has 0 unspecified atom stereocenters. The van der Waals surface area contributed by atoms with E-state index in [1.54, 1.807) is 50.4 Å². The lowest BCUT2D eigenvalue weighted by molar-refractivity contribution is -0.385. The molecule has 0 saturated heterocycles. The number of carbonyl (C=O) groups excluding carboxylic acids is 1. The molecule has 0 aromatic heterocycles. The number of nitrogens with zero attached hydrogens (tertiary/aromatic N) is 1. The molecule has 2 aromatic rings. The molecule has 0 spiro atoms. The van der Waals surface area contributed by atoms with E-state index >= 15 is 0 Å². The third-order valence-electron chi connectivity index (χ3n) is 3.57. The molecule has 0 bridgehead atoms. The minimum Gasteiger partial charge on any atom is -0.490 e. The molecule has 2 N–H and O–H groups in total. The number of carbonyl (C=O) groups is 1. The Balaban J connectivity index is 2.05. The zero-order valence-corrected chi connectivity index (χ0v) is 15.7. The zero-order chi connectivity index (χ0) is 19.8. The van der Waals surface area contributed by atoms with Crippen LogP contribution in [0.25, 0.3) is 0 Å². The quantitative estimate of drug-likeness (QED) is 0.325. The van der Waals surface area contributed by atoms with Gasteiger partial charge < -0.3 is 14.8 Å². The maximum absolute atomic E-state index is 12.5. The Morgan fingerprint density at radius 3 is 2.67 bits per heavy atom. The van der Waals surface area contributed by atoms with Gasteiger partial charge in [0.2, 0.25) is 0 Å². The molecular weight excluding hydrogens is 370 g/mol. The summed E-state index contributed by atoms with van der Waals surface area (Å²) in [6.07, 6.45) is 0. The summed E-state index contributed by atoms with van der Waals surface area (Å²) in [6.45, 7) is 2.33. The van der Waals surface area contributed by atoms with E-state index in [1.165, 1.54) is 6.07 Å².